The van der Waals surface area contributed by atoms with Crippen molar-refractivity contribution in [2.75, 3.05) is 25.1 Å². The van der Waals surface area contributed by atoms with Crippen molar-refractivity contribution >= 4 is 39.0 Å². The minimum absolute atomic E-state index is 0.533. The number of halogens is 1. The molecule has 2 unspecified atom stereocenters. The van der Waals surface area contributed by atoms with Gasteiger partial charge in [0, 0.05) is 33.9 Å². The van der Waals surface area contributed by atoms with Gasteiger partial charge in [-0.15, -0.1) is 11.3 Å². The summed E-state index contributed by atoms with van der Waals surface area (Å²) in [6.07, 6.45) is 1.32. The maximum atomic E-state index is 5.96. The van der Waals surface area contributed by atoms with Gasteiger partial charge < -0.3 is 5.73 Å². The number of likely N-dealkylation sites (N-methyl/N-ethyl adjacent to an activating group) is 1. The molecular weight excluding hydrogens is 316 g/mol. The summed E-state index contributed by atoms with van der Waals surface area (Å²) in [5.74, 6) is 3.36. The monoisotopic (exact) mass is 334 g/mol. The molecule has 0 amide bonds. The summed E-state index contributed by atoms with van der Waals surface area (Å²) in [7, 11) is 2.20. The zero-order chi connectivity index (χ0) is 12.3. The fraction of sp³-hybridized carbons (Fsp3) is 0.667. The molecule has 2 N–H and O–H groups in total. The maximum Gasteiger partial charge on any atom is 0.0328 e. The normalized spacial score (nSPS) is 22.2. The topological polar surface area (TPSA) is 29.3 Å². The Hall–Kier alpha value is 0.450. The predicted molar refractivity (Wildman–Crippen MR) is 81.8 cm³/mol. The van der Waals surface area contributed by atoms with Gasteiger partial charge >= 0.3 is 0 Å². The third-order valence-corrected chi connectivity index (χ3v) is 6.21. The van der Waals surface area contributed by atoms with E-state index in [9.17, 15) is 0 Å². The van der Waals surface area contributed by atoms with E-state index in [-0.39, 0.29) is 0 Å². The molecule has 17 heavy (non-hydrogen) atoms. The van der Waals surface area contributed by atoms with Crippen LogP contribution in [-0.2, 0) is 6.54 Å². The van der Waals surface area contributed by atoms with Gasteiger partial charge in [0.05, 0.1) is 0 Å². The van der Waals surface area contributed by atoms with E-state index in [0.29, 0.717) is 6.04 Å². The zero-order valence-corrected chi connectivity index (χ0v) is 13.3. The molecule has 0 saturated carbocycles. The molecule has 2 heterocycles. The van der Waals surface area contributed by atoms with Crippen molar-refractivity contribution in [2.24, 2.45) is 11.7 Å². The number of thiophene rings is 1. The predicted octanol–water partition coefficient (Wildman–Crippen LogP) is 3.02. The molecule has 1 aliphatic heterocycles. The van der Waals surface area contributed by atoms with Crippen LogP contribution in [0.15, 0.2) is 15.9 Å². The average Bonchev–Trinajstić information content (AvgIpc) is 2.92. The number of nitrogens with zero attached hydrogens (tertiary/aromatic N) is 1. The minimum Gasteiger partial charge on any atom is -0.329 e. The van der Waals surface area contributed by atoms with Crippen molar-refractivity contribution in [3.8, 4) is 0 Å². The molecule has 1 aromatic rings. The van der Waals surface area contributed by atoms with Crippen molar-refractivity contribution in [3.05, 3.63) is 20.8 Å². The summed E-state index contributed by atoms with van der Waals surface area (Å²) < 4.78 is 1.19. The molecule has 1 saturated heterocycles. The number of nitrogens with two attached hydrogens (primary N) is 1. The zero-order valence-electron chi connectivity index (χ0n) is 10.1. The average molecular weight is 335 g/mol. The van der Waals surface area contributed by atoms with E-state index in [2.05, 4.69) is 51.1 Å². The summed E-state index contributed by atoms with van der Waals surface area (Å²) >= 11 is 7.39. The molecule has 1 fully saturated rings. The molecule has 96 valence electrons. The molecule has 5 heteroatoms. The van der Waals surface area contributed by atoms with E-state index in [0.717, 1.165) is 19.0 Å². The lowest BCUT2D eigenvalue weighted by Gasteiger charge is -2.31. The van der Waals surface area contributed by atoms with Crippen LogP contribution in [0.3, 0.4) is 0 Å². The second-order valence-corrected chi connectivity index (χ2v) is 7.63. The molecule has 2 atom stereocenters. The summed E-state index contributed by atoms with van der Waals surface area (Å²) in [5, 5.41) is 2.14. The molecule has 0 radical (unpaired) electrons. The van der Waals surface area contributed by atoms with Gasteiger partial charge in [-0.2, -0.15) is 11.8 Å². The van der Waals surface area contributed by atoms with Crippen molar-refractivity contribution in [1.82, 2.24) is 4.90 Å². The summed E-state index contributed by atoms with van der Waals surface area (Å²) in [6.45, 7) is 1.79. The first-order valence-electron chi connectivity index (χ1n) is 5.91. The van der Waals surface area contributed by atoms with Crippen LogP contribution < -0.4 is 5.73 Å². The van der Waals surface area contributed by atoms with Gasteiger partial charge in [-0.1, -0.05) is 0 Å². The van der Waals surface area contributed by atoms with E-state index < -0.39 is 0 Å². The highest BCUT2D eigenvalue weighted by Crippen LogP contribution is 2.29. The molecular formula is C12H19BrN2S2. The van der Waals surface area contributed by atoms with E-state index in [4.69, 9.17) is 5.73 Å². The fourth-order valence-electron chi connectivity index (χ4n) is 2.39. The van der Waals surface area contributed by atoms with E-state index >= 15 is 0 Å². The third-order valence-electron chi connectivity index (χ3n) is 3.34. The molecule has 0 spiro atoms. The summed E-state index contributed by atoms with van der Waals surface area (Å²) in [6, 6.07) is 2.74. The number of hydrogen-bond acceptors (Lipinski definition) is 4. The Bertz CT molecular complexity index is 350. The van der Waals surface area contributed by atoms with Gasteiger partial charge in [-0.05, 0) is 52.9 Å². The molecule has 1 aliphatic rings. The van der Waals surface area contributed by atoms with Gasteiger partial charge in [0.15, 0.2) is 0 Å². The first kappa shape index (κ1) is 13.9. The summed E-state index contributed by atoms with van der Waals surface area (Å²) in [4.78, 5) is 3.83. The Balaban J connectivity index is 1.94. The van der Waals surface area contributed by atoms with Crippen LogP contribution in [0.4, 0.5) is 0 Å². The number of hydrogen-bond donors (Lipinski definition) is 1. The van der Waals surface area contributed by atoms with Gasteiger partial charge in [-0.3, -0.25) is 4.90 Å². The van der Waals surface area contributed by atoms with E-state index in [1.165, 1.54) is 27.3 Å². The lowest BCUT2D eigenvalue weighted by atomic mass is 9.98. The molecule has 1 aromatic heterocycles. The van der Waals surface area contributed by atoms with Crippen molar-refractivity contribution in [3.63, 3.8) is 0 Å². The lowest BCUT2D eigenvalue weighted by molar-refractivity contribution is 0.185. The molecule has 0 aliphatic carbocycles. The highest BCUT2D eigenvalue weighted by molar-refractivity contribution is 9.10. The molecule has 0 bridgehead atoms. The van der Waals surface area contributed by atoms with Gasteiger partial charge in [0.2, 0.25) is 0 Å². The SMILES string of the molecule is CN(Cc1cc(Br)cs1)C(CN)C1CCSC1. The van der Waals surface area contributed by atoms with Gasteiger partial charge in [0.1, 0.15) is 0 Å². The quantitative estimate of drug-likeness (QED) is 0.897. The molecule has 2 rings (SSSR count). The van der Waals surface area contributed by atoms with Crippen LogP contribution in [0.5, 0.6) is 0 Å². The van der Waals surface area contributed by atoms with Crippen LogP contribution in [0, 0.1) is 5.92 Å². The Morgan fingerprint density at radius 2 is 2.47 bits per heavy atom. The Morgan fingerprint density at radius 3 is 3.00 bits per heavy atom. The number of thioether (sulfide) groups is 1. The van der Waals surface area contributed by atoms with Crippen LogP contribution in [0.1, 0.15) is 11.3 Å². The van der Waals surface area contributed by atoms with Crippen LogP contribution in [-0.4, -0.2) is 36.0 Å². The maximum absolute atomic E-state index is 5.96. The minimum atomic E-state index is 0.533. The van der Waals surface area contributed by atoms with Gasteiger partial charge in [0.25, 0.3) is 0 Å². The standard InChI is InChI=1S/C12H19BrN2S2/c1-15(6-11-4-10(13)8-17-11)12(5-14)9-2-3-16-7-9/h4,8-9,12H,2-3,5-7,14H2,1H3. The first-order chi connectivity index (χ1) is 8.20. The largest absolute Gasteiger partial charge is 0.329 e. The molecule has 2 nitrogen and oxygen atoms in total. The highest BCUT2D eigenvalue weighted by atomic mass is 79.9. The first-order valence-corrected chi connectivity index (χ1v) is 8.74. The van der Waals surface area contributed by atoms with Crippen molar-refractivity contribution in [1.29, 1.82) is 0 Å². The third kappa shape index (κ3) is 3.70. The highest BCUT2D eigenvalue weighted by Gasteiger charge is 2.27. The Kier molecular flexibility index (Phi) is 5.36. The summed E-state index contributed by atoms with van der Waals surface area (Å²) in [5.41, 5.74) is 5.96. The van der Waals surface area contributed by atoms with Gasteiger partial charge in [-0.25, -0.2) is 0 Å². The number of rotatable bonds is 5. The Labute approximate surface area is 120 Å². The van der Waals surface area contributed by atoms with Crippen LogP contribution in [0.25, 0.3) is 0 Å². The second-order valence-electron chi connectivity index (χ2n) is 4.57. The van der Waals surface area contributed by atoms with Crippen molar-refractivity contribution < 1.29 is 0 Å². The van der Waals surface area contributed by atoms with Crippen molar-refractivity contribution in [2.45, 2.75) is 19.0 Å². The smallest absolute Gasteiger partial charge is 0.0328 e. The van der Waals surface area contributed by atoms with Crippen LogP contribution >= 0.6 is 39.0 Å². The second kappa shape index (κ2) is 6.57. The Morgan fingerprint density at radius 1 is 1.65 bits per heavy atom. The van der Waals surface area contributed by atoms with Crippen LogP contribution in [0.2, 0.25) is 0 Å². The fourth-order valence-corrected chi connectivity index (χ4v) is 5.23. The molecule has 0 aromatic carbocycles. The van der Waals surface area contributed by atoms with E-state index in [1.807, 2.05) is 11.3 Å². The van der Waals surface area contributed by atoms with E-state index in [1.54, 1.807) is 0 Å². The lowest BCUT2D eigenvalue weighted by Crippen LogP contribution is -2.43.